The molecule has 0 amide bonds. The van der Waals surface area contributed by atoms with Gasteiger partial charge >= 0.3 is 0 Å². The smallest absolute Gasteiger partial charge is 0.208 e. The van der Waals surface area contributed by atoms with Crippen molar-refractivity contribution in [1.29, 1.82) is 0 Å². The van der Waals surface area contributed by atoms with Gasteiger partial charge in [-0.1, -0.05) is 32.6 Å². The van der Waals surface area contributed by atoms with Crippen LogP contribution in [0.1, 0.15) is 39.0 Å². The third-order valence-corrected chi connectivity index (χ3v) is 1.60. The van der Waals surface area contributed by atoms with Crippen LogP contribution < -0.4 is 16.9 Å². The first-order valence-corrected chi connectivity index (χ1v) is 4.59. The first kappa shape index (κ1) is 11.1. The van der Waals surface area contributed by atoms with Crippen LogP contribution in [0, 0.1) is 0 Å². The zero-order valence-electron chi connectivity index (χ0n) is 7.84. The van der Waals surface area contributed by atoms with Gasteiger partial charge in [0.2, 0.25) is 5.96 Å². The Morgan fingerprint density at radius 1 is 1.17 bits per heavy atom. The van der Waals surface area contributed by atoms with Crippen molar-refractivity contribution in [2.45, 2.75) is 39.0 Å². The highest BCUT2D eigenvalue weighted by Gasteiger charge is 1.87. The topological polar surface area (TPSA) is 76.4 Å². The van der Waals surface area contributed by atoms with Crippen LogP contribution in [0.3, 0.4) is 0 Å². The normalized spacial score (nSPS) is 9.42. The van der Waals surface area contributed by atoms with Gasteiger partial charge in [-0.15, -0.1) is 5.10 Å². The summed E-state index contributed by atoms with van der Waals surface area (Å²) in [4.78, 5) is 0. The van der Waals surface area contributed by atoms with Crippen molar-refractivity contribution in [3.63, 3.8) is 0 Å². The largest absolute Gasteiger partial charge is 0.369 e. The molecule has 0 aromatic carbocycles. The van der Waals surface area contributed by atoms with Crippen LogP contribution in [0.15, 0.2) is 5.10 Å². The molecule has 0 saturated heterocycles. The van der Waals surface area contributed by atoms with Gasteiger partial charge in [0.15, 0.2) is 0 Å². The van der Waals surface area contributed by atoms with E-state index in [9.17, 15) is 0 Å². The molecule has 4 nitrogen and oxygen atoms in total. The van der Waals surface area contributed by atoms with Gasteiger partial charge in [0, 0.05) is 6.54 Å². The Balaban J connectivity index is 2.96. The number of nitrogens with one attached hydrogen (secondary N) is 1. The fourth-order valence-corrected chi connectivity index (χ4v) is 0.955. The molecule has 72 valence electrons. The fourth-order valence-electron chi connectivity index (χ4n) is 0.955. The minimum atomic E-state index is 0.101. The molecule has 0 unspecified atom stereocenters. The van der Waals surface area contributed by atoms with Crippen molar-refractivity contribution >= 4 is 5.96 Å². The Morgan fingerprint density at radius 3 is 2.42 bits per heavy atom. The summed E-state index contributed by atoms with van der Waals surface area (Å²) < 4.78 is 0. The standard InChI is InChI=1S/C8H20N4/c1-2-3-4-5-6-7-11-12-8(9)10/h11H,2-7H2,1H3,(H4,9,10,12). The molecule has 0 aliphatic rings. The monoisotopic (exact) mass is 172 g/mol. The van der Waals surface area contributed by atoms with Gasteiger partial charge < -0.3 is 16.9 Å². The van der Waals surface area contributed by atoms with Gasteiger partial charge in [0.25, 0.3) is 0 Å². The molecule has 0 atom stereocenters. The Labute approximate surface area is 74.4 Å². The summed E-state index contributed by atoms with van der Waals surface area (Å²) in [5.41, 5.74) is 13.0. The van der Waals surface area contributed by atoms with Crippen molar-refractivity contribution in [3.8, 4) is 0 Å². The second-order valence-electron chi connectivity index (χ2n) is 2.86. The van der Waals surface area contributed by atoms with E-state index in [2.05, 4.69) is 17.5 Å². The molecule has 0 aliphatic heterocycles. The lowest BCUT2D eigenvalue weighted by Gasteiger charge is -2.00. The molecule has 0 spiro atoms. The number of rotatable bonds is 7. The SMILES string of the molecule is CCCCCCCNN=C(N)N. The zero-order valence-corrected chi connectivity index (χ0v) is 7.84. The van der Waals surface area contributed by atoms with E-state index in [0.29, 0.717) is 0 Å². The quantitative estimate of drug-likeness (QED) is 0.229. The van der Waals surface area contributed by atoms with Crippen molar-refractivity contribution in [1.82, 2.24) is 5.43 Å². The lowest BCUT2D eigenvalue weighted by Crippen LogP contribution is -2.26. The summed E-state index contributed by atoms with van der Waals surface area (Å²) >= 11 is 0. The van der Waals surface area contributed by atoms with E-state index in [4.69, 9.17) is 11.5 Å². The van der Waals surface area contributed by atoms with E-state index >= 15 is 0 Å². The average Bonchev–Trinajstić information content (AvgIpc) is 2.02. The Kier molecular flexibility index (Phi) is 7.54. The lowest BCUT2D eigenvalue weighted by molar-refractivity contribution is 0.596. The Bertz CT molecular complexity index is 118. The Hall–Kier alpha value is -0.930. The maximum atomic E-state index is 5.12. The number of hydrazone groups is 1. The molecule has 0 bridgehead atoms. The maximum Gasteiger partial charge on any atom is 0.208 e. The Morgan fingerprint density at radius 2 is 1.83 bits per heavy atom. The third-order valence-electron chi connectivity index (χ3n) is 1.60. The van der Waals surface area contributed by atoms with E-state index in [1.165, 1.54) is 25.7 Å². The van der Waals surface area contributed by atoms with Gasteiger partial charge in [0.05, 0.1) is 0 Å². The molecule has 0 fully saturated rings. The van der Waals surface area contributed by atoms with Gasteiger partial charge in [0.1, 0.15) is 0 Å². The number of nitrogens with zero attached hydrogens (tertiary/aromatic N) is 1. The first-order valence-electron chi connectivity index (χ1n) is 4.59. The molecular formula is C8H20N4. The molecule has 5 N–H and O–H groups in total. The summed E-state index contributed by atoms with van der Waals surface area (Å²) in [5.74, 6) is 0.101. The highest BCUT2D eigenvalue weighted by Crippen LogP contribution is 2.00. The highest BCUT2D eigenvalue weighted by molar-refractivity contribution is 5.75. The van der Waals surface area contributed by atoms with Crippen LogP contribution in [-0.4, -0.2) is 12.5 Å². The van der Waals surface area contributed by atoms with E-state index in [-0.39, 0.29) is 5.96 Å². The molecule has 0 rings (SSSR count). The minimum absolute atomic E-state index is 0.101. The molecule has 12 heavy (non-hydrogen) atoms. The molecule has 0 radical (unpaired) electrons. The van der Waals surface area contributed by atoms with E-state index < -0.39 is 0 Å². The van der Waals surface area contributed by atoms with Crippen molar-refractivity contribution < 1.29 is 0 Å². The van der Waals surface area contributed by atoms with Crippen LogP contribution in [-0.2, 0) is 0 Å². The summed E-state index contributed by atoms with van der Waals surface area (Å²) in [7, 11) is 0. The zero-order chi connectivity index (χ0) is 9.23. The third kappa shape index (κ3) is 9.07. The predicted molar refractivity (Wildman–Crippen MR) is 52.6 cm³/mol. The molecule has 0 heterocycles. The van der Waals surface area contributed by atoms with Crippen LogP contribution in [0.4, 0.5) is 0 Å². The molecular weight excluding hydrogens is 152 g/mol. The summed E-state index contributed by atoms with van der Waals surface area (Å²) in [6.07, 6.45) is 6.29. The number of hydrogen-bond acceptors (Lipinski definition) is 2. The first-order chi connectivity index (χ1) is 5.77. The lowest BCUT2D eigenvalue weighted by atomic mass is 10.2. The summed E-state index contributed by atoms with van der Waals surface area (Å²) in [6.45, 7) is 3.07. The van der Waals surface area contributed by atoms with Gasteiger partial charge in [-0.2, -0.15) is 0 Å². The minimum Gasteiger partial charge on any atom is -0.369 e. The molecule has 0 aromatic rings. The predicted octanol–water partition coefficient (Wildman–Crippen LogP) is 0.735. The second-order valence-corrected chi connectivity index (χ2v) is 2.86. The van der Waals surface area contributed by atoms with Crippen molar-refractivity contribution in [3.05, 3.63) is 0 Å². The average molecular weight is 172 g/mol. The molecule has 0 saturated carbocycles. The van der Waals surface area contributed by atoms with Crippen molar-refractivity contribution in [2.75, 3.05) is 6.54 Å². The van der Waals surface area contributed by atoms with Crippen LogP contribution >= 0.6 is 0 Å². The van der Waals surface area contributed by atoms with E-state index in [1.54, 1.807) is 0 Å². The van der Waals surface area contributed by atoms with Gasteiger partial charge in [-0.3, -0.25) is 0 Å². The van der Waals surface area contributed by atoms with Gasteiger partial charge in [-0.25, -0.2) is 0 Å². The molecule has 0 aliphatic carbocycles. The van der Waals surface area contributed by atoms with Crippen LogP contribution in [0.25, 0.3) is 0 Å². The molecule has 4 heteroatoms. The summed E-state index contributed by atoms with van der Waals surface area (Å²) in [6, 6.07) is 0. The number of unbranched alkanes of at least 4 members (excludes halogenated alkanes) is 4. The maximum absolute atomic E-state index is 5.12. The van der Waals surface area contributed by atoms with Crippen molar-refractivity contribution in [2.24, 2.45) is 16.6 Å². The number of nitrogens with two attached hydrogens (primary N) is 2. The highest BCUT2D eigenvalue weighted by atomic mass is 15.3. The van der Waals surface area contributed by atoms with Gasteiger partial charge in [-0.05, 0) is 6.42 Å². The summed E-state index contributed by atoms with van der Waals surface area (Å²) in [5, 5.41) is 3.66. The fraction of sp³-hybridized carbons (Fsp3) is 0.875. The molecule has 0 aromatic heterocycles. The van der Waals surface area contributed by atoms with Crippen LogP contribution in [0.2, 0.25) is 0 Å². The van der Waals surface area contributed by atoms with Crippen LogP contribution in [0.5, 0.6) is 0 Å². The van der Waals surface area contributed by atoms with E-state index in [1.807, 2.05) is 0 Å². The number of hydrogen-bond donors (Lipinski definition) is 3. The van der Waals surface area contributed by atoms with E-state index in [0.717, 1.165) is 13.0 Å². The second kappa shape index (κ2) is 8.17. The number of guanidine groups is 1.